The Balaban J connectivity index is 2.03. The first-order chi connectivity index (χ1) is 22.0. The van der Waals surface area contributed by atoms with Crippen molar-refractivity contribution < 1.29 is 36.2 Å². The third kappa shape index (κ3) is 7.39. The number of nitrogens with zero attached hydrogens (tertiary/aromatic N) is 3. The van der Waals surface area contributed by atoms with Gasteiger partial charge in [0.1, 0.15) is 11.4 Å². The molecule has 0 N–H and O–H groups in total. The maximum absolute atomic E-state index is 15.7. The van der Waals surface area contributed by atoms with Gasteiger partial charge < -0.3 is 14.4 Å². The summed E-state index contributed by atoms with van der Waals surface area (Å²) in [5.41, 5.74) is -5.53. The molecule has 4 aromatic rings. The van der Waals surface area contributed by atoms with Crippen LogP contribution in [0.4, 0.5) is 26.7 Å². The average Bonchev–Trinajstić information content (AvgIpc) is 2.99. The monoisotopic (exact) mass is 659 g/mol. The Bertz CT molecular complexity index is 1900. The number of aromatic nitrogens is 2. The second kappa shape index (κ2) is 13.4. The first kappa shape index (κ1) is 34.9. The molecule has 4 rings (SSSR count). The maximum Gasteiger partial charge on any atom is 0.416 e. The van der Waals surface area contributed by atoms with Crippen molar-refractivity contribution in [3.05, 3.63) is 122 Å². The molecule has 0 aliphatic carbocycles. The van der Waals surface area contributed by atoms with Gasteiger partial charge in [-0.15, -0.1) is 0 Å². The number of ether oxygens (including phenoxy) is 2. The van der Waals surface area contributed by atoms with E-state index in [1.54, 1.807) is 51.1 Å². The Morgan fingerprint density at radius 2 is 1.55 bits per heavy atom. The predicted octanol–water partition coefficient (Wildman–Crippen LogP) is 6.95. The molecule has 0 bridgehead atoms. The van der Waals surface area contributed by atoms with E-state index in [0.717, 1.165) is 16.7 Å². The maximum atomic E-state index is 15.7. The van der Waals surface area contributed by atoms with Crippen molar-refractivity contribution >= 4 is 6.09 Å². The second-order valence-electron chi connectivity index (χ2n) is 11.8. The molecule has 0 saturated heterocycles. The van der Waals surface area contributed by atoms with Crippen LogP contribution in [0.3, 0.4) is 0 Å². The number of hydrogen-bond donors (Lipinski definition) is 0. The molecule has 13 heteroatoms. The zero-order valence-electron chi connectivity index (χ0n) is 26.6. The highest BCUT2D eigenvalue weighted by atomic mass is 19.4. The highest BCUT2D eigenvalue weighted by Crippen LogP contribution is 2.34. The Morgan fingerprint density at radius 3 is 2.15 bits per heavy atom. The van der Waals surface area contributed by atoms with Gasteiger partial charge in [0.15, 0.2) is 11.6 Å². The minimum Gasteiger partial charge on any atom is -0.494 e. The number of likely N-dealkylation sites (N-methyl/N-ethyl adjacent to an activating group) is 1. The first-order valence-corrected chi connectivity index (χ1v) is 14.5. The number of alkyl halides is 3. The van der Waals surface area contributed by atoms with Gasteiger partial charge in [-0.3, -0.25) is 13.9 Å². The number of carbonyl (C=O) groups excluding carboxylic acids is 1. The fourth-order valence-corrected chi connectivity index (χ4v) is 5.22. The zero-order valence-corrected chi connectivity index (χ0v) is 26.6. The van der Waals surface area contributed by atoms with Gasteiger partial charge in [-0.1, -0.05) is 48.5 Å². The number of carbonyl (C=O) groups is 1. The normalized spacial score (nSPS) is 12.5. The van der Waals surface area contributed by atoms with Crippen LogP contribution in [-0.4, -0.2) is 39.9 Å². The van der Waals surface area contributed by atoms with Crippen molar-refractivity contribution in [3.8, 4) is 16.9 Å². The van der Waals surface area contributed by atoms with Crippen LogP contribution in [0.5, 0.6) is 5.75 Å². The Hall–Kier alpha value is -4.94. The zero-order chi connectivity index (χ0) is 34.8. The van der Waals surface area contributed by atoms with Gasteiger partial charge in [-0.2, -0.15) is 13.2 Å². The molecular weight excluding hydrogens is 625 g/mol. The summed E-state index contributed by atoms with van der Waals surface area (Å²) in [7, 11) is 2.61. The van der Waals surface area contributed by atoms with Crippen molar-refractivity contribution in [2.45, 2.75) is 58.6 Å². The molecule has 1 aromatic heterocycles. The Kier molecular flexibility index (Phi) is 9.98. The number of halogens is 5. The van der Waals surface area contributed by atoms with E-state index >= 15 is 8.78 Å². The van der Waals surface area contributed by atoms with Crippen molar-refractivity contribution in [2.24, 2.45) is 0 Å². The van der Waals surface area contributed by atoms with Crippen LogP contribution in [-0.2, 0) is 24.0 Å². The molecule has 1 amide bonds. The molecule has 8 nitrogen and oxygen atoms in total. The number of methoxy groups -OCH3 is 1. The molecule has 0 radical (unpaired) electrons. The van der Waals surface area contributed by atoms with E-state index in [1.807, 2.05) is 0 Å². The number of amides is 1. The van der Waals surface area contributed by atoms with Gasteiger partial charge in [-0.05, 0) is 51.5 Å². The van der Waals surface area contributed by atoms with E-state index < -0.39 is 71.0 Å². The molecule has 0 saturated carbocycles. The van der Waals surface area contributed by atoms with Gasteiger partial charge in [0.2, 0.25) is 0 Å². The van der Waals surface area contributed by atoms with Gasteiger partial charge >= 0.3 is 18.0 Å². The van der Waals surface area contributed by atoms with E-state index in [0.29, 0.717) is 16.2 Å². The van der Waals surface area contributed by atoms with E-state index in [2.05, 4.69) is 0 Å². The number of benzene rings is 3. The molecule has 0 aliphatic heterocycles. The fourth-order valence-electron chi connectivity index (χ4n) is 5.22. The number of hydrogen-bond acceptors (Lipinski definition) is 5. The third-order valence-corrected chi connectivity index (χ3v) is 7.57. The lowest BCUT2D eigenvalue weighted by molar-refractivity contribution is -0.138. The Morgan fingerprint density at radius 1 is 0.915 bits per heavy atom. The molecule has 0 fully saturated rings. The summed E-state index contributed by atoms with van der Waals surface area (Å²) in [6.45, 7) is 4.78. The van der Waals surface area contributed by atoms with Crippen molar-refractivity contribution in [2.75, 3.05) is 14.2 Å². The van der Waals surface area contributed by atoms with Crippen molar-refractivity contribution in [1.82, 2.24) is 14.0 Å². The van der Waals surface area contributed by atoms with Crippen LogP contribution in [0.1, 0.15) is 49.2 Å². The van der Waals surface area contributed by atoms with Crippen LogP contribution in [0.15, 0.2) is 76.3 Å². The lowest BCUT2D eigenvalue weighted by atomic mass is 10.0. The Labute approximate surface area is 267 Å². The molecule has 0 aliphatic rings. The van der Waals surface area contributed by atoms with E-state index in [4.69, 9.17) is 9.47 Å². The SMILES string of the molecule is COc1cccc(-c2c(C)n(Cc3c(F)cccc3C(F)(F)F)c(=O)n(C[C@@H](c3ccccc3)N(C)C(=O)OC(C)(C)C)c2=O)c1F. The molecular formula is C34H34F5N3O5. The molecule has 1 heterocycles. The molecule has 0 unspecified atom stereocenters. The van der Waals surface area contributed by atoms with Gasteiger partial charge in [-0.25, -0.2) is 18.4 Å². The summed E-state index contributed by atoms with van der Waals surface area (Å²) in [6.07, 6.45) is -5.76. The van der Waals surface area contributed by atoms with E-state index in [-0.39, 0.29) is 22.6 Å². The standard InChI is InChI=1S/C34H34F5N3O5/c1-20-28(22-14-10-17-27(46-6)29(22)36)30(43)42(31(44)41(20)18-23-24(34(37,38)39)15-11-16-25(23)35)19-26(21-12-8-7-9-13-21)40(5)32(45)47-33(2,3)4/h7-17,26H,18-19H2,1-6H3/t26-/m0/s1. The van der Waals surface area contributed by atoms with Crippen LogP contribution in [0.25, 0.3) is 11.1 Å². The molecule has 47 heavy (non-hydrogen) atoms. The van der Waals surface area contributed by atoms with Crippen LogP contribution < -0.4 is 16.0 Å². The predicted molar refractivity (Wildman–Crippen MR) is 165 cm³/mol. The average molecular weight is 660 g/mol. The van der Waals surface area contributed by atoms with Crippen LogP contribution in [0, 0.1) is 18.6 Å². The molecule has 3 aromatic carbocycles. The first-order valence-electron chi connectivity index (χ1n) is 14.5. The highest BCUT2D eigenvalue weighted by Gasteiger charge is 2.35. The quantitative estimate of drug-likeness (QED) is 0.191. The van der Waals surface area contributed by atoms with Crippen molar-refractivity contribution in [1.29, 1.82) is 0 Å². The lowest BCUT2D eigenvalue weighted by Crippen LogP contribution is -2.46. The summed E-state index contributed by atoms with van der Waals surface area (Å²) in [5.74, 6) is -2.42. The summed E-state index contributed by atoms with van der Waals surface area (Å²) in [5, 5.41) is 0. The summed E-state index contributed by atoms with van der Waals surface area (Å²) in [4.78, 5) is 42.7. The topological polar surface area (TPSA) is 82.8 Å². The summed E-state index contributed by atoms with van der Waals surface area (Å²) in [6, 6.07) is 13.7. The minimum absolute atomic E-state index is 0.212. The highest BCUT2D eigenvalue weighted by molar-refractivity contribution is 5.69. The summed E-state index contributed by atoms with van der Waals surface area (Å²) >= 11 is 0. The van der Waals surface area contributed by atoms with Crippen LogP contribution >= 0.6 is 0 Å². The van der Waals surface area contributed by atoms with Gasteiger partial charge in [0.25, 0.3) is 5.56 Å². The minimum atomic E-state index is -4.97. The van der Waals surface area contributed by atoms with Gasteiger partial charge in [0, 0.05) is 23.9 Å². The van der Waals surface area contributed by atoms with E-state index in [1.165, 1.54) is 44.2 Å². The van der Waals surface area contributed by atoms with Crippen molar-refractivity contribution in [3.63, 3.8) is 0 Å². The van der Waals surface area contributed by atoms with E-state index in [9.17, 15) is 27.6 Å². The molecule has 250 valence electrons. The molecule has 1 atom stereocenters. The summed E-state index contributed by atoms with van der Waals surface area (Å²) < 4.78 is 84.7. The van der Waals surface area contributed by atoms with Gasteiger partial charge in [0.05, 0.1) is 37.4 Å². The number of rotatable bonds is 8. The third-order valence-electron chi connectivity index (χ3n) is 7.57. The molecule has 0 spiro atoms. The lowest BCUT2D eigenvalue weighted by Gasteiger charge is -2.31. The fraction of sp³-hybridized carbons (Fsp3) is 0.324. The van der Waals surface area contributed by atoms with Crippen LogP contribution in [0.2, 0.25) is 0 Å². The second-order valence-corrected chi connectivity index (χ2v) is 11.8. The largest absolute Gasteiger partial charge is 0.494 e. The smallest absolute Gasteiger partial charge is 0.416 e.